The van der Waals surface area contributed by atoms with Gasteiger partial charge in [-0.1, -0.05) is 38.1 Å². The Balaban J connectivity index is 1.63. The number of nitrogens with two attached hydrogens (primary N) is 1. The van der Waals surface area contributed by atoms with Crippen molar-refractivity contribution in [2.45, 2.75) is 51.2 Å². The number of urea groups is 1. The number of carbonyl (C=O) groups excluding carboxylic acids is 1. The van der Waals surface area contributed by atoms with Crippen molar-refractivity contribution in [1.29, 1.82) is 0 Å². The second-order valence-electron chi connectivity index (χ2n) is 7.33. The number of rotatable bonds is 5. The van der Waals surface area contributed by atoms with Crippen LogP contribution in [0.1, 0.15) is 68.1 Å². The summed E-state index contributed by atoms with van der Waals surface area (Å²) in [6.45, 7) is 4.29. The first-order valence-corrected chi connectivity index (χ1v) is 9.73. The van der Waals surface area contributed by atoms with E-state index in [4.69, 9.17) is 10.5 Å². The Morgan fingerprint density at radius 3 is 2.79 bits per heavy atom. The van der Waals surface area contributed by atoms with Crippen molar-refractivity contribution in [3.05, 3.63) is 59.5 Å². The summed E-state index contributed by atoms with van der Waals surface area (Å²) in [5.41, 5.74) is 8.29. The average molecular weight is 379 g/mol. The zero-order valence-electron chi connectivity index (χ0n) is 16.1. The van der Waals surface area contributed by atoms with Crippen LogP contribution in [0.15, 0.2) is 42.6 Å². The predicted molar refractivity (Wildman–Crippen MR) is 106 cm³/mol. The van der Waals surface area contributed by atoms with Gasteiger partial charge >= 0.3 is 6.03 Å². The van der Waals surface area contributed by atoms with Crippen molar-refractivity contribution >= 4 is 11.7 Å². The van der Waals surface area contributed by atoms with Crippen LogP contribution < -0.4 is 15.8 Å². The highest BCUT2D eigenvalue weighted by Crippen LogP contribution is 2.38. The molecule has 1 aliphatic rings. The highest BCUT2D eigenvalue weighted by Gasteiger charge is 2.29. The lowest BCUT2D eigenvalue weighted by atomic mass is 9.85. The molecule has 7 heteroatoms. The van der Waals surface area contributed by atoms with E-state index in [9.17, 15) is 4.79 Å². The van der Waals surface area contributed by atoms with Crippen LogP contribution in [0, 0.1) is 0 Å². The van der Waals surface area contributed by atoms with E-state index >= 15 is 0 Å². The van der Waals surface area contributed by atoms with Crippen LogP contribution in [-0.4, -0.2) is 20.6 Å². The highest BCUT2D eigenvalue weighted by atomic mass is 16.5. The first-order chi connectivity index (χ1) is 13.6. The maximum atomic E-state index is 11.3. The van der Waals surface area contributed by atoms with Crippen molar-refractivity contribution in [2.75, 3.05) is 0 Å². The molecule has 146 valence electrons. The molecule has 0 radical (unpaired) electrons. The number of primary amides is 1. The van der Waals surface area contributed by atoms with E-state index in [0.717, 1.165) is 47.6 Å². The van der Waals surface area contributed by atoms with Crippen LogP contribution in [0.4, 0.5) is 4.79 Å². The van der Waals surface area contributed by atoms with Crippen LogP contribution in [0.3, 0.4) is 0 Å². The van der Waals surface area contributed by atoms with Gasteiger partial charge in [0, 0.05) is 5.92 Å². The largest absolute Gasteiger partial charge is 0.484 e. The second-order valence-corrected chi connectivity index (χ2v) is 7.33. The first-order valence-electron chi connectivity index (χ1n) is 9.73. The number of nitrogens with zero attached hydrogens (tertiary/aromatic N) is 3. The third-order valence-corrected chi connectivity index (χ3v) is 5.49. The van der Waals surface area contributed by atoms with E-state index in [1.54, 1.807) is 0 Å². The van der Waals surface area contributed by atoms with Crippen LogP contribution in [0.2, 0.25) is 0 Å². The molecular formula is C21H25N5O2. The Morgan fingerprint density at radius 2 is 2.04 bits per heavy atom. The molecule has 0 fully saturated rings. The molecule has 0 spiro atoms. The Kier molecular flexibility index (Phi) is 4.90. The number of carbonyl (C=O) groups is 1. The number of benzene rings is 1. The average Bonchev–Trinajstić information content (AvgIpc) is 3.12. The van der Waals surface area contributed by atoms with Gasteiger partial charge < -0.3 is 15.8 Å². The van der Waals surface area contributed by atoms with E-state index in [1.165, 1.54) is 0 Å². The Hall–Kier alpha value is -3.09. The Labute approximate surface area is 163 Å². The third-order valence-electron chi connectivity index (χ3n) is 5.49. The molecule has 0 bridgehead atoms. The molecule has 2 amide bonds. The fourth-order valence-corrected chi connectivity index (χ4v) is 3.84. The van der Waals surface area contributed by atoms with Gasteiger partial charge in [0.05, 0.1) is 12.2 Å². The summed E-state index contributed by atoms with van der Waals surface area (Å²) in [6, 6.07) is 11.3. The van der Waals surface area contributed by atoms with Gasteiger partial charge in [-0.3, -0.25) is 4.40 Å². The Morgan fingerprint density at radius 1 is 1.25 bits per heavy atom. The molecule has 0 saturated carbocycles. The number of aromatic nitrogens is 3. The minimum absolute atomic E-state index is 0.0779. The zero-order chi connectivity index (χ0) is 19.7. The molecule has 0 saturated heterocycles. The first kappa shape index (κ1) is 18.3. The smallest absolute Gasteiger partial charge is 0.312 e. The van der Waals surface area contributed by atoms with E-state index < -0.39 is 6.03 Å². The molecule has 3 N–H and O–H groups in total. The fraction of sp³-hybridized carbons (Fsp3) is 0.381. The quantitative estimate of drug-likeness (QED) is 0.704. The van der Waals surface area contributed by atoms with Gasteiger partial charge in [-0.2, -0.15) is 0 Å². The second kappa shape index (κ2) is 7.50. The van der Waals surface area contributed by atoms with Gasteiger partial charge in [-0.05, 0) is 42.5 Å². The maximum absolute atomic E-state index is 11.3. The summed E-state index contributed by atoms with van der Waals surface area (Å²) in [5, 5.41) is 11.4. The summed E-state index contributed by atoms with van der Waals surface area (Å²) in [7, 11) is 0. The SMILES string of the molecule is CCC(C)c1nnc2ccc(OC3CCC(NC(N)=O)c4ccccc43)cn12. The van der Waals surface area contributed by atoms with E-state index in [1.807, 2.05) is 40.9 Å². The van der Waals surface area contributed by atoms with Gasteiger partial charge in [0.25, 0.3) is 0 Å². The predicted octanol–water partition coefficient (Wildman–Crippen LogP) is 3.87. The normalized spacial score (nSPS) is 19.8. The standard InChI is InChI=1S/C21H25N5O2/c1-3-13(2)20-25-24-19-11-8-14(12-26(19)20)28-18-10-9-17(23-21(22)27)15-6-4-5-7-16(15)18/h4-8,11-13,17-18H,3,9-10H2,1-2H3,(H3,22,23,27). The molecule has 1 aliphatic carbocycles. The van der Waals surface area contributed by atoms with Crippen LogP contribution >= 0.6 is 0 Å². The molecule has 28 heavy (non-hydrogen) atoms. The number of hydrogen-bond donors (Lipinski definition) is 2. The monoisotopic (exact) mass is 379 g/mol. The summed E-state index contributed by atoms with van der Waals surface area (Å²) < 4.78 is 8.37. The lowest BCUT2D eigenvalue weighted by Gasteiger charge is -2.32. The van der Waals surface area contributed by atoms with Gasteiger partial charge in [0.15, 0.2) is 5.65 Å². The van der Waals surface area contributed by atoms with Crippen molar-refractivity contribution in [2.24, 2.45) is 5.73 Å². The van der Waals surface area contributed by atoms with E-state index in [-0.39, 0.29) is 12.1 Å². The zero-order valence-corrected chi connectivity index (χ0v) is 16.1. The lowest BCUT2D eigenvalue weighted by Crippen LogP contribution is -2.36. The topological polar surface area (TPSA) is 94.5 Å². The summed E-state index contributed by atoms with van der Waals surface area (Å²) in [6.07, 6.45) is 4.45. The Bertz CT molecular complexity index is 999. The van der Waals surface area contributed by atoms with Gasteiger partial charge in [0.1, 0.15) is 17.7 Å². The number of amides is 2. The fourth-order valence-electron chi connectivity index (χ4n) is 3.84. The molecule has 0 aliphatic heterocycles. The number of ether oxygens (including phenoxy) is 1. The summed E-state index contributed by atoms with van der Waals surface area (Å²) >= 11 is 0. The molecule has 2 aromatic heterocycles. The highest BCUT2D eigenvalue weighted by molar-refractivity contribution is 5.72. The molecule has 4 rings (SSSR count). The van der Waals surface area contributed by atoms with Gasteiger partial charge in [-0.25, -0.2) is 4.79 Å². The molecule has 3 unspecified atom stereocenters. The van der Waals surface area contributed by atoms with Crippen LogP contribution in [-0.2, 0) is 0 Å². The van der Waals surface area contributed by atoms with Crippen molar-refractivity contribution in [3.63, 3.8) is 0 Å². The van der Waals surface area contributed by atoms with Crippen molar-refractivity contribution < 1.29 is 9.53 Å². The van der Waals surface area contributed by atoms with Crippen LogP contribution in [0.5, 0.6) is 5.75 Å². The van der Waals surface area contributed by atoms with Crippen molar-refractivity contribution in [1.82, 2.24) is 19.9 Å². The van der Waals surface area contributed by atoms with Gasteiger partial charge in [-0.15, -0.1) is 10.2 Å². The molecule has 3 aromatic rings. The van der Waals surface area contributed by atoms with E-state index in [0.29, 0.717) is 5.92 Å². The minimum atomic E-state index is -0.505. The third kappa shape index (κ3) is 3.40. The minimum Gasteiger partial charge on any atom is -0.484 e. The maximum Gasteiger partial charge on any atom is 0.312 e. The number of pyridine rings is 1. The molecule has 7 nitrogen and oxygen atoms in total. The number of nitrogens with one attached hydrogen (secondary N) is 1. The molecule has 3 atom stereocenters. The number of fused-ring (bicyclic) bond motifs is 2. The van der Waals surface area contributed by atoms with Gasteiger partial charge in [0.2, 0.25) is 0 Å². The summed E-state index contributed by atoms with van der Waals surface area (Å²) in [5.74, 6) is 2.04. The van der Waals surface area contributed by atoms with E-state index in [2.05, 4.69) is 35.4 Å². The lowest BCUT2D eigenvalue weighted by molar-refractivity contribution is 0.171. The molecular weight excluding hydrogens is 354 g/mol. The van der Waals surface area contributed by atoms with Crippen molar-refractivity contribution in [3.8, 4) is 5.75 Å². The molecule has 2 heterocycles. The summed E-state index contributed by atoms with van der Waals surface area (Å²) in [4.78, 5) is 11.3. The number of hydrogen-bond acceptors (Lipinski definition) is 4. The molecule has 1 aromatic carbocycles. The van der Waals surface area contributed by atoms with Crippen LogP contribution in [0.25, 0.3) is 5.65 Å².